The van der Waals surface area contributed by atoms with Gasteiger partial charge in [0.1, 0.15) is 5.82 Å². The topological polar surface area (TPSA) is 63.1 Å². The fraction of sp³-hybridized carbons (Fsp3) is 0.591. The molecule has 1 N–H and O–H groups in total. The van der Waals surface area contributed by atoms with Crippen LogP contribution in [-0.2, 0) is 19.4 Å². The molecule has 1 fully saturated rings. The van der Waals surface area contributed by atoms with Gasteiger partial charge < -0.3 is 14.8 Å². The summed E-state index contributed by atoms with van der Waals surface area (Å²) in [6.07, 6.45) is 8.81. The van der Waals surface area contributed by atoms with E-state index in [0.29, 0.717) is 5.82 Å². The average molecular weight is 382 g/mol. The first-order valence-corrected chi connectivity index (χ1v) is 10.8. The van der Waals surface area contributed by atoms with Gasteiger partial charge in [0, 0.05) is 25.6 Å². The van der Waals surface area contributed by atoms with E-state index in [2.05, 4.69) is 50.7 Å². The van der Waals surface area contributed by atoms with Crippen molar-refractivity contribution < 1.29 is 4.79 Å². The van der Waals surface area contributed by atoms with Crippen LogP contribution >= 0.6 is 0 Å². The zero-order valence-corrected chi connectivity index (χ0v) is 16.6. The number of fused-ring (bicyclic) bond motifs is 1. The molecule has 2 aromatic rings. The smallest absolute Gasteiger partial charge is 0.289 e. The van der Waals surface area contributed by atoms with Crippen LogP contribution in [0, 0.1) is 0 Å². The van der Waals surface area contributed by atoms with Crippen molar-refractivity contribution in [2.45, 2.75) is 64.0 Å². The molecule has 2 aliphatic rings. The van der Waals surface area contributed by atoms with Crippen LogP contribution in [0.3, 0.4) is 0 Å². The second-order valence-corrected chi connectivity index (χ2v) is 8.10. The summed E-state index contributed by atoms with van der Waals surface area (Å²) >= 11 is 0. The van der Waals surface area contributed by atoms with Crippen molar-refractivity contribution in [3.63, 3.8) is 0 Å². The monoisotopic (exact) mass is 381 g/mol. The number of piperidine rings is 1. The zero-order chi connectivity index (χ0) is 19.2. The van der Waals surface area contributed by atoms with Crippen LogP contribution in [0.15, 0.2) is 30.3 Å². The van der Waals surface area contributed by atoms with Gasteiger partial charge in [-0.05, 0) is 57.2 Å². The highest BCUT2D eigenvalue weighted by Gasteiger charge is 2.25. The van der Waals surface area contributed by atoms with Crippen LogP contribution in [-0.4, -0.2) is 51.2 Å². The van der Waals surface area contributed by atoms with Gasteiger partial charge in [-0.25, -0.2) is 0 Å². The number of nitrogens with one attached hydrogen (secondary N) is 1. The van der Waals surface area contributed by atoms with Crippen LogP contribution in [0.2, 0.25) is 0 Å². The van der Waals surface area contributed by atoms with Gasteiger partial charge in [-0.15, -0.1) is 10.2 Å². The van der Waals surface area contributed by atoms with Crippen molar-refractivity contribution in [2.75, 3.05) is 19.6 Å². The van der Waals surface area contributed by atoms with Gasteiger partial charge in [0.15, 0.2) is 0 Å². The van der Waals surface area contributed by atoms with Gasteiger partial charge in [-0.2, -0.15) is 0 Å². The predicted molar refractivity (Wildman–Crippen MR) is 109 cm³/mol. The van der Waals surface area contributed by atoms with E-state index >= 15 is 0 Å². The van der Waals surface area contributed by atoms with Crippen LogP contribution in [0.1, 0.15) is 60.5 Å². The van der Waals surface area contributed by atoms with E-state index in [-0.39, 0.29) is 11.9 Å². The number of amides is 1. The van der Waals surface area contributed by atoms with Crippen LogP contribution in [0.25, 0.3) is 0 Å². The number of nitrogens with zero attached hydrogens (tertiary/aromatic N) is 4. The molecule has 1 atom stereocenters. The van der Waals surface area contributed by atoms with E-state index in [0.717, 1.165) is 76.9 Å². The number of rotatable bonds is 6. The number of carbonyl (C=O) groups excluding carboxylic acids is 1. The largest absolute Gasteiger partial charge is 0.345 e. The summed E-state index contributed by atoms with van der Waals surface area (Å²) in [7, 11) is 0. The normalized spacial score (nSPS) is 20.4. The average Bonchev–Trinajstić information content (AvgIpc) is 2.98. The number of carbonyl (C=O) groups is 1. The molecule has 3 heterocycles. The van der Waals surface area contributed by atoms with Gasteiger partial charge >= 0.3 is 0 Å². The highest BCUT2D eigenvalue weighted by Crippen LogP contribution is 2.16. The highest BCUT2D eigenvalue weighted by molar-refractivity contribution is 5.90. The molecule has 4 rings (SSSR count). The third-order valence-electron chi connectivity index (χ3n) is 5.94. The van der Waals surface area contributed by atoms with E-state index in [9.17, 15) is 4.79 Å². The summed E-state index contributed by atoms with van der Waals surface area (Å²) in [6, 6.07) is 10.9. The summed E-state index contributed by atoms with van der Waals surface area (Å²) in [5.74, 6) is 1.41. The van der Waals surface area contributed by atoms with E-state index in [1.165, 1.54) is 12.0 Å². The Labute approximate surface area is 167 Å². The first-order valence-electron chi connectivity index (χ1n) is 10.8. The maximum absolute atomic E-state index is 12.8. The Morgan fingerprint density at radius 1 is 1.07 bits per heavy atom. The van der Waals surface area contributed by atoms with E-state index in [4.69, 9.17) is 0 Å². The molecule has 6 nitrogen and oxygen atoms in total. The Kier molecular flexibility index (Phi) is 6.37. The van der Waals surface area contributed by atoms with Crippen molar-refractivity contribution >= 4 is 5.91 Å². The zero-order valence-electron chi connectivity index (χ0n) is 16.6. The van der Waals surface area contributed by atoms with Gasteiger partial charge in [-0.3, -0.25) is 4.79 Å². The maximum Gasteiger partial charge on any atom is 0.289 e. The standard InChI is InChI=1S/C22H31N5O/c28-22(21-25-24-20-13-5-2-6-16-27(20)21)23-19-12-8-15-26(17-19)14-7-11-18-9-3-1-4-10-18/h1,3-4,9-10,19H,2,5-8,11-17H2,(H,23,28)/t19-/m1/s1. The number of aryl methyl sites for hydroxylation is 2. The van der Waals surface area contributed by atoms with Gasteiger partial charge in [0.05, 0.1) is 0 Å². The van der Waals surface area contributed by atoms with Crippen LogP contribution in [0.5, 0.6) is 0 Å². The Hall–Kier alpha value is -2.21. The van der Waals surface area contributed by atoms with Crippen molar-refractivity contribution in [2.24, 2.45) is 0 Å². The molecule has 0 unspecified atom stereocenters. The minimum atomic E-state index is -0.0585. The Morgan fingerprint density at radius 2 is 1.96 bits per heavy atom. The molecule has 0 spiro atoms. The fourth-order valence-corrected chi connectivity index (χ4v) is 4.43. The van der Waals surface area contributed by atoms with Gasteiger partial charge in [-0.1, -0.05) is 36.8 Å². The minimum Gasteiger partial charge on any atom is -0.345 e. The number of likely N-dealkylation sites (tertiary alicyclic amines) is 1. The molecular weight excluding hydrogens is 350 g/mol. The molecule has 150 valence electrons. The Bertz CT molecular complexity index is 772. The molecule has 28 heavy (non-hydrogen) atoms. The lowest BCUT2D eigenvalue weighted by Gasteiger charge is -2.33. The molecule has 1 saturated heterocycles. The Morgan fingerprint density at radius 3 is 2.86 bits per heavy atom. The SMILES string of the molecule is O=C(N[C@@H]1CCCN(CCCc2ccccc2)C1)c1nnc2n1CCCCC2. The summed E-state index contributed by atoms with van der Waals surface area (Å²) < 4.78 is 2.03. The predicted octanol–water partition coefficient (Wildman–Crippen LogP) is 2.83. The minimum absolute atomic E-state index is 0.0585. The molecule has 0 bridgehead atoms. The van der Waals surface area contributed by atoms with E-state index < -0.39 is 0 Å². The fourth-order valence-electron chi connectivity index (χ4n) is 4.43. The van der Waals surface area contributed by atoms with Crippen LogP contribution < -0.4 is 5.32 Å². The molecule has 1 aromatic heterocycles. The first kappa shape index (κ1) is 19.1. The second-order valence-electron chi connectivity index (χ2n) is 8.10. The molecule has 0 radical (unpaired) electrons. The summed E-state index contributed by atoms with van der Waals surface area (Å²) in [6.45, 7) is 4.01. The maximum atomic E-state index is 12.8. The number of hydrogen-bond donors (Lipinski definition) is 1. The molecule has 0 aliphatic carbocycles. The summed E-state index contributed by atoms with van der Waals surface area (Å²) in [4.78, 5) is 15.3. The van der Waals surface area contributed by atoms with E-state index in [1.54, 1.807) is 0 Å². The molecule has 1 amide bonds. The van der Waals surface area contributed by atoms with E-state index in [1.807, 2.05) is 4.57 Å². The lowest BCUT2D eigenvalue weighted by atomic mass is 10.0. The Balaban J connectivity index is 1.28. The molecular formula is C22H31N5O. The van der Waals surface area contributed by atoms with Crippen molar-refractivity contribution in [1.29, 1.82) is 0 Å². The van der Waals surface area contributed by atoms with Crippen molar-refractivity contribution in [3.05, 3.63) is 47.5 Å². The molecule has 0 saturated carbocycles. The number of hydrogen-bond acceptors (Lipinski definition) is 4. The molecule has 6 heteroatoms. The highest BCUT2D eigenvalue weighted by atomic mass is 16.2. The summed E-state index contributed by atoms with van der Waals surface area (Å²) in [5, 5.41) is 11.7. The second kappa shape index (κ2) is 9.32. The number of aromatic nitrogens is 3. The van der Waals surface area contributed by atoms with Gasteiger partial charge in [0.2, 0.25) is 5.82 Å². The lowest BCUT2D eigenvalue weighted by molar-refractivity contribution is 0.0887. The third kappa shape index (κ3) is 4.79. The van der Waals surface area contributed by atoms with Crippen LogP contribution in [0.4, 0.5) is 0 Å². The lowest BCUT2D eigenvalue weighted by Crippen LogP contribution is -2.48. The van der Waals surface area contributed by atoms with Gasteiger partial charge in [0.25, 0.3) is 5.91 Å². The summed E-state index contributed by atoms with van der Waals surface area (Å²) in [5.41, 5.74) is 1.40. The number of benzene rings is 1. The molecule has 1 aromatic carbocycles. The third-order valence-corrected chi connectivity index (χ3v) is 5.94. The van der Waals surface area contributed by atoms with Crippen molar-refractivity contribution in [1.82, 2.24) is 25.0 Å². The quantitative estimate of drug-likeness (QED) is 0.836. The van der Waals surface area contributed by atoms with Crippen molar-refractivity contribution in [3.8, 4) is 0 Å². The molecule has 2 aliphatic heterocycles. The first-order chi connectivity index (χ1) is 13.8.